The summed E-state index contributed by atoms with van der Waals surface area (Å²) in [6.45, 7) is 6.58. The zero-order valence-electron chi connectivity index (χ0n) is 14.3. The molecule has 0 saturated carbocycles. The van der Waals surface area contributed by atoms with Crippen molar-refractivity contribution in [1.82, 2.24) is 0 Å². The van der Waals surface area contributed by atoms with Gasteiger partial charge >= 0.3 is 0 Å². The van der Waals surface area contributed by atoms with E-state index in [-0.39, 0.29) is 5.41 Å². The second-order valence-electron chi connectivity index (χ2n) is 6.50. The Balaban J connectivity index is 1.70. The molecular weight excluding hydrogens is 312 g/mol. The lowest BCUT2D eigenvalue weighted by molar-refractivity contribution is 0.627. The van der Waals surface area contributed by atoms with Crippen molar-refractivity contribution in [2.75, 3.05) is 0 Å². The van der Waals surface area contributed by atoms with Gasteiger partial charge in [-0.2, -0.15) is 0 Å². The van der Waals surface area contributed by atoms with Crippen LogP contribution in [-0.4, -0.2) is 0 Å². The Labute approximate surface area is 148 Å². The van der Waals surface area contributed by atoms with Crippen molar-refractivity contribution < 1.29 is 4.18 Å². The van der Waals surface area contributed by atoms with Gasteiger partial charge in [0.1, 0.15) is 5.75 Å². The van der Waals surface area contributed by atoms with Crippen molar-refractivity contribution in [2.45, 2.75) is 31.1 Å². The van der Waals surface area contributed by atoms with Gasteiger partial charge in [-0.15, -0.1) is 0 Å². The molecule has 0 aromatic heterocycles. The summed E-state index contributed by atoms with van der Waals surface area (Å²) in [5, 5.41) is 0. The van der Waals surface area contributed by atoms with E-state index < -0.39 is 0 Å². The SMILES string of the molecule is Cc1ccc(SOc2ccc(C(C)(C)c3ccccc3)cc2)cc1. The monoisotopic (exact) mass is 334 g/mol. The van der Waals surface area contributed by atoms with Gasteiger partial charge < -0.3 is 4.18 Å². The van der Waals surface area contributed by atoms with Crippen LogP contribution in [-0.2, 0) is 5.41 Å². The highest BCUT2D eigenvalue weighted by atomic mass is 32.2. The fraction of sp³-hybridized carbons (Fsp3) is 0.182. The fourth-order valence-electron chi connectivity index (χ4n) is 2.64. The Hall–Kier alpha value is -2.19. The molecular formula is C22H22OS. The predicted octanol–water partition coefficient (Wildman–Crippen LogP) is 6.41. The van der Waals surface area contributed by atoms with Gasteiger partial charge in [0.15, 0.2) is 0 Å². The summed E-state index contributed by atoms with van der Waals surface area (Å²) in [5.74, 6) is 0.869. The van der Waals surface area contributed by atoms with E-state index in [1.807, 2.05) is 12.1 Å². The van der Waals surface area contributed by atoms with Crippen molar-refractivity contribution in [3.05, 3.63) is 95.6 Å². The Kier molecular flexibility index (Phi) is 4.96. The lowest BCUT2D eigenvalue weighted by Crippen LogP contribution is -2.18. The normalized spacial score (nSPS) is 11.3. The first kappa shape index (κ1) is 16.7. The highest BCUT2D eigenvalue weighted by molar-refractivity contribution is 7.95. The molecule has 0 radical (unpaired) electrons. The smallest absolute Gasteiger partial charge is 0.137 e. The molecule has 0 unspecified atom stereocenters. The zero-order chi connectivity index (χ0) is 17.0. The minimum absolute atomic E-state index is 0.0239. The molecule has 0 aliphatic carbocycles. The highest BCUT2D eigenvalue weighted by Crippen LogP contribution is 2.33. The van der Waals surface area contributed by atoms with Crippen molar-refractivity contribution in [2.24, 2.45) is 0 Å². The zero-order valence-corrected chi connectivity index (χ0v) is 15.1. The topological polar surface area (TPSA) is 9.23 Å². The van der Waals surface area contributed by atoms with E-state index in [0.717, 1.165) is 10.6 Å². The number of hydrogen-bond donors (Lipinski definition) is 0. The van der Waals surface area contributed by atoms with Crippen molar-refractivity contribution in [1.29, 1.82) is 0 Å². The number of hydrogen-bond acceptors (Lipinski definition) is 2. The van der Waals surface area contributed by atoms with Gasteiger partial charge in [-0.25, -0.2) is 0 Å². The van der Waals surface area contributed by atoms with Crippen molar-refractivity contribution in [3.8, 4) is 5.75 Å². The molecule has 0 aliphatic heterocycles. The van der Waals surface area contributed by atoms with Crippen LogP contribution in [0.1, 0.15) is 30.5 Å². The van der Waals surface area contributed by atoms with E-state index in [0.29, 0.717) is 0 Å². The summed E-state index contributed by atoms with van der Waals surface area (Å²) < 4.78 is 5.82. The number of benzene rings is 3. The largest absolute Gasteiger partial charge is 0.421 e. The number of aryl methyl sites for hydroxylation is 1. The molecule has 0 spiro atoms. The van der Waals surface area contributed by atoms with Crippen LogP contribution in [0.25, 0.3) is 0 Å². The predicted molar refractivity (Wildman–Crippen MR) is 103 cm³/mol. The first-order valence-corrected chi connectivity index (χ1v) is 8.87. The van der Waals surface area contributed by atoms with Gasteiger partial charge in [-0.1, -0.05) is 74.0 Å². The standard InChI is InChI=1S/C22H22OS/c1-17-9-15-21(16-10-17)24-23-20-13-11-19(12-14-20)22(2,3)18-7-5-4-6-8-18/h4-16H,1-3H3. The van der Waals surface area contributed by atoms with Crippen molar-refractivity contribution in [3.63, 3.8) is 0 Å². The van der Waals surface area contributed by atoms with E-state index >= 15 is 0 Å². The third kappa shape index (κ3) is 3.82. The van der Waals surface area contributed by atoms with Gasteiger partial charge in [-0.3, -0.25) is 0 Å². The molecule has 0 aliphatic rings. The minimum Gasteiger partial charge on any atom is -0.421 e. The van der Waals surface area contributed by atoms with Gasteiger partial charge in [0, 0.05) is 10.3 Å². The fourth-order valence-corrected chi connectivity index (χ4v) is 3.19. The van der Waals surface area contributed by atoms with Crippen LogP contribution in [0.5, 0.6) is 5.75 Å². The van der Waals surface area contributed by atoms with Gasteiger partial charge in [0.2, 0.25) is 0 Å². The molecule has 2 heteroatoms. The van der Waals surface area contributed by atoms with E-state index in [1.54, 1.807) is 0 Å². The first-order valence-electron chi connectivity index (χ1n) is 8.13. The van der Waals surface area contributed by atoms with E-state index in [9.17, 15) is 0 Å². The maximum atomic E-state index is 5.82. The summed E-state index contributed by atoms with van der Waals surface area (Å²) in [7, 11) is 0. The molecule has 3 aromatic rings. The van der Waals surface area contributed by atoms with Crippen LogP contribution >= 0.6 is 12.0 Å². The Morgan fingerprint density at radius 1 is 0.708 bits per heavy atom. The van der Waals surface area contributed by atoms with Gasteiger partial charge in [0.25, 0.3) is 0 Å². The molecule has 24 heavy (non-hydrogen) atoms. The summed E-state index contributed by atoms with van der Waals surface area (Å²) in [6, 6.07) is 27.3. The molecule has 3 rings (SSSR count). The summed E-state index contributed by atoms with van der Waals surface area (Å²) in [5.41, 5.74) is 3.82. The molecule has 1 nitrogen and oxygen atoms in total. The van der Waals surface area contributed by atoms with E-state index in [2.05, 4.69) is 87.5 Å². The molecule has 0 heterocycles. The minimum atomic E-state index is -0.0239. The van der Waals surface area contributed by atoms with Gasteiger partial charge in [0.05, 0.1) is 12.0 Å². The third-order valence-electron chi connectivity index (χ3n) is 4.33. The maximum absolute atomic E-state index is 5.82. The Bertz CT molecular complexity index is 774. The average Bonchev–Trinajstić information content (AvgIpc) is 2.62. The Morgan fingerprint density at radius 2 is 1.29 bits per heavy atom. The molecule has 0 fully saturated rings. The first-order chi connectivity index (χ1) is 11.6. The number of rotatable bonds is 5. The van der Waals surface area contributed by atoms with Crippen LogP contribution in [0.15, 0.2) is 83.8 Å². The van der Waals surface area contributed by atoms with E-state index in [1.165, 1.54) is 28.7 Å². The molecule has 0 amide bonds. The second-order valence-corrected chi connectivity index (χ2v) is 7.30. The molecule has 0 bridgehead atoms. The van der Waals surface area contributed by atoms with Crippen LogP contribution < -0.4 is 4.18 Å². The molecule has 3 aromatic carbocycles. The van der Waals surface area contributed by atoms with Crippen LogP contribution in [0.2, 0.25) is 0 Å². The molecule has 122 valence electrons. The highest BCUT2D eigenvalue weighted by Gasteiger charge is 2.22. The average molecular weight is 334 g/mol. The van der Waals surface area contributed by atoms with Crippen LogP contribution in [0.4, 0.5) is 0 Å². The lowest BCUT2D eigenvalue weighted by Gasteiger charge is -2.26. The van der Waals surface area contributed by atoms with E-state index in [4.69, 9.17) is 4.18 Å². The van der Waals surface area contributed by atoms with Gasteiger partial charge in [-0.05, 0) is 42.3 Å². The van der Waals surface area contributed by atoms with Crippen LogP contribution in [0.3, 0.4) is 0 Å². The van der Waals surface area contributed by atoms with Crippen molar-refractivity contribution >= 4 is 12.0 Å². The molecule has 0 atom stereocenters. The van der Waals surface area contributed by atoms with Crippen LogP contribution in [0, 0.1) is 6.92 Å². The maximum Gasteiger partial charge on any atom is 0.137 e. The summed E-state index contributed by atoms with van der Waals surface area (Å²) >= 11 is 1.39. The second kappa shape index (κ2) is 7.14. The lowest BCUT2D eigenvalue weighted by atomic mass is 9.78. The summed E-state index contributed by atoms with van der Waals surface area (Å²) in [6.07, 6.45) is 0. The molecule has 0 saturated heterocycles. The summed E-state index contributed by atoms with van der Waals surface area (Å²) in [4.78, 5) is 1.11. The molecule has 0 N–H and O–H groups in total. The third-order valence-corrected chi connectivity index (χ3v) is 5.07. The Morgan fingerprint density at radius 3 is 1.92 bits per heavy atom. The quantitative estimate of drug-likeness (QED) is 0.499.